The fourth-order valence-electron chi connectivity index (χ4n) is 6.07. The van der Waals surface area contributed by atoms with Crippen molar-refractivity contribution in [1.82, 2.24) is 4.98 Å². The van der Waals surface area contributed by atoms with Crippen LogP contribution in [0.25, 0.3) is 26.9 Å². The fourth-order valence-corrected chi connectivity index (χ4v) is 8.08. The van der Waals surface area contributed by atoms with Gasteiger partial charge in [0.2, 0.25) is 0 Å². The Morgan fingerprint density at radius 3 is 2.47 bits per heavy atom. The van der Waals surface area contributed by atoms with Gasteiger partial charge in [-0.15, -0.1) is 11.3 Å². The maximum Gasteiger partial charge on any atom is 0.338 e. The Kier molecular flexibility index (Phi) is 7.69. The summed E-state index contributed by atoms with van der Waals surface area (Å²) in [7, 11) is 0. The third-order valence-corrected chi connectivity index (χ3v) is 10.4. The van der Waals surface area contributed by atoms with Gasteiger partial charge < -0.3 is 14.8 Å². The van der Waals surface area contributed by atoms with Crippen molar-refractivity contribution in [2.24, 2.45) is 0 Å². The Labute approximate surface area is 289 Å². The number of carbonyl (C=O) groups is 1. The first-order valence-corrected chi connectivity index (χ1v) is 17.1. The number of para-hydroxylation sites is 2. The molecule has 2 aliphatic heterocycles. The fraction of sp³-hybridized carbons (Fsp3) is 0.0500. The third-order valence-electron chi connectivity index (χ3n) is 8.30. The maximum atomic E-state index is 13.2. The van der Waals surface area contributed by atoms with Crippen LogP contribution in [0.4, 0.5) is 5.69 Å². The van der Waals surface area contributed by atoms with Crippen molar-refractivity contribution in [2.45, 2.75) is 11.8 Å². The zero-order chi connectivity index (χ0) is 33.5. The molecule has 2 aliphatic rings. The zero-order valence-electron chi connectivity index (χ0n) is 26.0. The zero-order valence-corrected chi connectivity index (χ0v) is 27.6. The van der Waals surface area contributed by atoms with Crippen LogP contribution in [-0.4, -0.2) is 17.6 Å². The second-order valence-electron chi connectivity index (χ2n) is 11.2. The largest absolute Gasteiger partial charge is 0.462 e. The van der Waals surface area contributed by atoms with E-state index >= 15 is 0 Å². The summed E-state index contributed by atoms with van der Waals surface area (Å²) in [4.78, 5) is 19.0. The molecule has 3 heterocycles. The maximum absolute atomic E-state index is 13.2. The highest BCUT2D eigenvalue weighted by Gasteiger charge is 2.27. The molecule has 1 N–H and O–H groups in total. The van der Waals surface area contributed by atoms with Gasteiger partial charge in [0.1, 0.15) is 28.6 Å². The summed E-state index contributed by atoms with van der Waals surface area (Å²) in [6.07, 6.45) is 0. The van der Waals surface area contributed by atoms with E-state index in [0.717, 1.165) is 42.2 Å². The Morgan fingerprint density at radius 1 is 0.857 bits per heavy atom. The molecule has 8 rings (SSSR count). The first kappa shape index (κ1) is 30.2. The molecule has 6 aromatic rings. The molecule has 5 aromatic carbocycles. The van der Waals surface area contributed by atoms with Crippen molar-refractivity contribution in [2.75, 3.05) is 11.9 Å². The molecule has 0 spiro atoms. The minimum Gasteiger partial charge on any atom is -0.462 e. The second-order valence-corrected chi connectivity index (χ2v) is 13.3. The summed E-state index contributed by atoms with van der Waals surface area (Å²) in [5, 5.41) is 26.8. The molecular formula is C40H24N4O3S2. The number of benzene rings is 5. The highest BCUT2D eigenvalue weighted by Crippen LogP contribution is 2.45. The van der Waals surface area contributed by atoms with Crippen LogP contribution >= 0.6 is 23.1 Å². The van der Waals surface area contributed by atoms with Gasteiger partial charge in [0.05, 0.1) is 44.2 Å². The number of thioether (sulfide) groups is 1. The lowest BCUT2D eigenvalue weighted by Crippen LogP contribution is -2.22. The van der Waals surface area contributed by atoms with Crippen LogP contribution in [0.3, 0.4) is 0 Å². The minimum atomic E-state index is -0.426. The van der Waals surface area contributed by atoms with Crippen molar-refractivity contribution in [1.29, 1.82) is 10.5 Å². The summed E-state index contributed by atoms with van der Waals surface area (Å²) in [5.74, 6) is 0.601. The van der Waals surface area contributed by atoms with Crippen LogP contribution in [0.15, 0.2) is 119 Å². The van der Waals surface area contributed by atoms with Crippen molar-refractivity contribution >= 4 is 61.7 Å². The van der Waals surface area contributed by atoms with Crippen LogP contribution in [0.5, 0.6) is 11.5 Å². The van der Waals surface area contributed by atoms with Crippen LogP contribution in [0.2, 0.25) is 0 Å². The molecular weight excluding hydrogens is 649 g/mol. The quantitative estimate of drug-likeness (QED) is 0.145. The number of esters is 1. The average molecular weight is 673 g/mol. The van der Waals surface area contributed by atoms with Gasteiger partial charge >= 0.3 is 5.97 Å². The smallest absolute Gasteiger partial charge is 0.338 e. The number of anilines is 1. The van der Waals surface area contributed by atoms with Gasteiger partial charge in [-0.25, -0.2) is 9.78 Å². The molecule has 1 aromatic heterocycles. The summed E-state index contributed by atoms with van der Waals surface area (Å²) in [5.41, 5.74) is 6.03. The van der Waals surface area contributed by atoms with Crippen LogP contribution in [0, 0.1) is 22.7 Å². The van der Waals surface area contributed by atoms with E-state index in [0.29, 0.717) is 49.6 Å². The molecule has 234 valence electrons. The summed E-state index contributed by atoms with van der Waals surface area (Å²) < 4.78 is 13.1. The third kappa shape index (κ3) is 5.32. The van der Waals surface area contributed by atoms with E-state index < -0.39 is 5.97 Å². The molecule has 0 saturated heterocycles. The first-order valence-electron chi connectivity index (χ1n) is 15.5. The topological polar surface area (TPSA) is 108 Å². The average Bonchev–Trinajstić information content (AvgIpc) is 3.76. The standard InChI is InChI=1S/C40H24N4O3S2/c1-2-46-40(45)26-10-4-3-9-25(26)37-27-17-15-23(29(21-41)38-43-31-11-5-7-13-35(31)48-38)19-33(27)47-34-20-24(16-18-28(34)37)30(22-42)39-44-32-12-6-8-14-36(32)49-39/h3-20,43H,2H2,1H3/b30-24+,38-29-. The summed E-state index contributed by atoms with van der Waals surface area (Å²) in [6.45, 7) is 2.02. The van der Waals surface area contributed by atoms with Crippen LogP contribution in [0.1, 0.15) is 39.0 Å². The molecule has 0 amide bonds. The molecule has 0 bridgehead atoms. The molecule has 49 heavy (non-hydrogen) atoms. The molecule has 0 radical (unpaired) electrons. The monoisotopic (exact) mass is 672 g/mol. The number of aromatic nitrogens is 1. The van der Waals surface area contributed by atoms with Gasteiger partial charge in [-0.05, 0) is 77.9 Å². The number of nitrogens with one attached hydrogen (secondary N) is 1. The van der Waals surface area contributed by atoms with Gasteiger partial charge in [-0.2, -0.15) is 10.5 Å². The number of rotatable bonds is 5. The van der Waals surface area contributed by atoms with Crippen molar-refractivity contribution in [3.63, 3.8) is 0 Å². The normalized spacial score (nSPS) is 14.3. The number of ether oxygens (including phenoxy) is 2. The molecule has 7 nitrogen and oxygen atoms in total. The lowest BCUT2D eigenvalue weighted by atomic mass is 9.88. The Bertz CT molecular complexity index is 2550. The van der Waals surface area contributed by atoms with Crippen molar-refractivity contribution < 1.29 is 14.3 Å². The molecule has 0 unspecified atom stereocenters. The number of hydrogen-bond donors (Lipinski definition) is 1. The van der Waals surface area contributed by atoms with Gasteiger partial charge in [0, 0.05) is 21.3 Å². The van der Waals surface area contributed by atoms with Crippen LogP contribution < -0.4 is 20.5 Å². The number of nitriles is 2. The lowest BCUT2D eigenvalue weighted by molar-refractivity contribution is 0.0526. The molecule has 0 saturated carbocycles. The van der Waals surface area contributed by atoms with Gasteiger partial charge in [-0.1, -0.05) is 66.4 Å². The second kappa shape index (κ2) is 12.5. The number of nitrogens with zero attached hydrogens (tertiary/aromatic N) is 3. The lowest BCUT2D eigenvalue weighted by Gasteiger charge is -2.23. The van der Waals surface area contributed by atoms with E-state index in [-0.39, 0.29) is 6.61 Å². The number of fused-ring (bicyclic) bond motifs is 4. The number of thiazole rings is 1. The highest BCUT2D eigenvalue weighted by atomic mass is 32.2. The van der Waals surface area contributed by atoms with Gasteiger partial charge in [0.15, 0.2) is 0 Å². The highest BCUT2D eigenvalue weighted by molar-refractivity contribution is 8.04. The minimum absolute atomic E-state index is 0.242. The molecule has 9 heteroatoms. The van der Waals surface area contributed by atoms with E-state index in [9.17, 15) is 15.3 Å². The van der Waals surface area contributed by atoms with E-state index in [4.69, 9.17) is 14.5 Å². The van der Waals surface area contributed by atoms with Crippen molar-refractivity contribution in [3.05, 3.63) is 152 Å². The van der Waals surface area contributed by atoms with Crippen molar-refractivity contribution in [3.8, 4) is 23.6 Å². The Morgan fingerprint density at radius 2 is 1.65 bits per heavy atom. The Hall–Kier alpha value is -6.13. The number of allylic oxidation sites excluding steroid dienone is 1. The predicted octanol–water partition coefficient (Wildman–Crippen LogP) is 7.96. The molecule has 0 atom stereocenters. The van der Waals surface area contributed by atoms with Gasteiger partial charge in [-0.3, -0.25) is 0 Å². The predicted molar refractivity (Wildman–Crippen MR) is 192 cm³/mol. The van der Waals surface area contributed by atoms with Gasteiger partial charge in [0.25, 0.3) is 0 Å². The van der Waals surface area contributed by atoms with E-state index in [1.807, 2.05) is 103 Å². The summed E-state index contributed by atoms with van der Waals surface area (Å²) >= 11 is 2.98. The van der Waals surface area contributed by atoms with Crippen LogP contribution in [-0.2, 0) is 4.74 Å². The first-order chi connectivity index (χ1) is 24.1. The number of hydrogen-bond acceptors (Lipinski definition) is 9. The van der Waals surface area contributed by atoms with E-state index in [1.165, 1.54) is 23.1 Å². The van der Waals surface area contributed by atoms with E-state index in [2.05, 4.69) is 17.5 Å². The van der Waals surface area contributed by atoms with E-state index in [1.54, 1.807) is 13.0 Å². The summed E-state index contributed by atoms with van der Waals surface area (Å²) in [6, 6.07) is 39.2. The number of carbonyl (C=O) groups excluding carboxylic acids is 1. The Balaban J connectivity index is 1.34. The SMILES string of the molecule is CCOC(=O)c1ccccc1C1=c2cc/c(=C(/C#N)c3nc4ccccc4s3)cc2Oc2cc(/C(C#N)=C3/Nc4ccccc4S3)ccc21. The molecule has 0 aliphatic carbocycles. The molecule has 0 fully saturated rings.